The molecule has 0 fully saturated rings. The largest absolute Gasteiger partial charge is 0.473 e. The lowest BCUT2D eigenvalue weighted by atomic mass is 10.3. The van der Waals surface area contributed by atoms with Crippen molar-refractivity contribution in [3.63, 3.8) is 0 Å². The second kappa shape index (κ2) is 4.59. The topological polar surface area (TPSA) is 82.6 Å². The Balaban J connectivity index is 3.23. The van der Waals surface area contributed by atoms with E-state index in [2.05, 4.69) is 9.97 Å². The zero-order valence-corrected chi connectivity index (χ0v) is 8.91. The molecule has 15 heavy (non-hydrogen) atoms. The zero-order chi connectivity index (χ0) is 11.4. The molecule has 5 nitrogen and oxygen atoms in total. The summed E-state index contributed by atoms with van der Waals surface area (Å²) in [5, 5.41) is 17.3. The Labute approximate surface area is 91.9 Å². The molecule has 0 amide bonds. The smallest absolute Gasteiger partial charge is 0.253 e. The maximum Gasteiger partial charge on any atom is 0.253 e. The van der Waals surface area contributed by atoms with E-state index in [1.54, 1.807) is 26.0 Å². The molecule has 0 saturated carbocycles. The molecule has 0 aromatic carbocycles. The first-order valence-corrected chi connectivity index (χ1v) is 4.50. The first kappa shape index (κ1) is 11.2. The second-order valence-corrected chi connectivity index (χ2v) is 3.27. The van der Waals surface area contributed by atoms with Gasteiger partial charge in [-0.2, -0.15) is 15.5 Å². The van der Waals surface area contributed by atoms with E-state index in [0.717, 1.165) is 0 Å². The highest BCUT2D eigenvalue weighted by Gasteiger charge is 2.13. The van der Waals surface area contributed by atoms with Gasteiger partial charge in [0.2, 0.25) is 0 Å². The lowest BCUT2D eigenvalue weighted by Crippen LogP contribution is -2.09. The summed E-state index contributed by atoms with van der Waals surface area (Å²) in [6.07, 6.45) is -0.128. The third kappa shape index (κ3) is 2.55. The normalized spacial score (nSPS) is 9.47. The highest BCUT2D eigenvalue weighted by atomic mass is 35.5. The van der Waals surface area contributed by atoms with Crippen molar-refractivity contribution >= 4 is 11.6 Å². The Morgan fingerprint density at radius 1 is 1.20 bits per heavy atom. The molecular formula is C9H7ClN4O. The first-order chi connectivity index (χ1) is 7.08. The third-order valence-electron chi connectivity index (χ3n) is 1.38. The molecule has 0 bridgehead atoms. The Hall–Kier alpha value is -1.85. The molecule has 1 rings (SSSR count). The summed E-state index contributed by atoms with van der Waals surface area (Å²) < 4.78 is 5.22. The van der Waals surface area contributed by atoms with Gasteiger partial charge in [-0.15, -0.1) is 0 Å². The minimum Gasteiger partial charge on any atom is -0.473 e. The molecule has 1 aromatic rings. The maximum atomic E-state index is 8.70. The summed E-state index contributed by atoms with van der Waals surface area (Å²) in [6.45, 7) is 3.59. The molecule has 0 atom stereocenters. The van der Waals surface area contributed by atoms with Gasteiger partial charge >= 0.3 is 0 Å². The predicted octanol–water partition coefficient (Wildman–Crippen LogP) is 1.66. The molecular weight excluding hydrogens is 216 g/mol. The summed E-state index contributed by atoms with van der Waals surface area (Å²) in [4.78, 5) is 7.51. The second-order valence-electron chi connectivity index (χ2n) is 2.91. The van der Waals surface area contributed by atoms with Crippen molar-refractivity contribution in [1.82, 2.24) is 9.97 Å². The van der Waals surface area contributed by atoms with Crippen molar-refractivity contribution < 1.29 is 4.74 Å². The SMILES string of the molecule is CC(C)Oc1nc(C#N)c(C#N)nc1Cl. The summed E-state index contributed by atoms with van der Waals surface area (Å²) in [5.41, 5.74) is -0.184. The molecule has 1 aromatic heterocycles. The van der Waals surface area contributed by atoms with E-state index in [0.29, 0.717) is 0 Å². The number of halogens is 1. The van der Waals surface area contributed by atoms with Crippen LogP contribution in [-0.2, 0) is 0 Å². The average Bonchev–Trinajstić information content (AvgIpc) is 2.19. The lowest BCUT2D eigenvalue weighted by Gasteiger charge is -2.09. The minimum absolute atomic E-state index is 0.0146. The number of rotatable bonds is 2. The number of ether oxygens (including phenoxy) is 1. The Morgan fingerprint density at radius 2 is 1.73 bits per heavy atom. The van der Waals surface area contributed by atoms with Crippen molar-refractivity contribution in [2.75, 3.05) is 0 Å². The van der Waals surface area contributed by atoms with E-state index < -0.39 is 0 Å². The van der Waals surface area contributed by atoms with Gasteiger partial charge in [-0.3, -0.25) is 0 Å². The van der Waals surface area contributed by atoms with E-state index in [4.69, 9.17) is 26.9 Å². The molecule has 0 radical (unpaired) electrons. The van der Waals surface area contributed by atoms with Crippen LogP contribution >= 0.6 is 11.6 Å². The summed E-state index contributed by atoms with van der Waals surface area (Å²) in [6, 6.07) is 3.48. The van der Waals surface area contributed by atoms with Crippen molar-refractivity contribution in [2.24, 2.45) is 0 Å². The Morgan fingerprint density at radius 3 is 2.20 bits per heavy atom. The fourth-order valence-electron chi connectivity index (χ4n) is 0.854. The lowest BCUT2D eigenvalue weighted by molar-refractivity contribution is 0.231. The molecule has 6 heteroatoms. The van der Waals surface area contributed by atoms with Crippen LogP contribution in [-0.4, -0.2) is 16.1 Å². The molecule has 0 aliphatic rings. The molecule has 0 aliphatic heterocycles. The van der Waals surface area contributed by atoms with Crippen LogP contribution in [0.15, 0.2) is 0 Å². The standard InChI is InChI=1S/C9H7ClN4O/c1-5(2)15-9-8(10)13-6(3-11)7(4-12)14-9/h5H,1-2H3. The summed E-state index contributed by atoms with van der Waals surface area (Å²) in [5.74, 6) is 0.0715. The average molecular weight is 223 g/mol. The van der Waals surface area contributed by atoms with Crippen LogP contribution in [0, 0.1) is 22.7 Å². The number of nitriles is 2. The molecule has 0 aliphatic carbocycles. The van der Waals surface area contributed by atoms with Gasteiger partial charge in [0.15, 0.2) is 16.5 Å². The van der Waals surface area contributed by atoms with E-state index in [9.17, 15) is 0 Å². The summed E-state index contributed by atoms with van der Waals surface area (Å²) in [7, 11) is 0. The van der Waals surface area contributed by atoms with E-state index in [1.807, 2.05) is 0 Å². The molecule has 0 N–H and O–H groups in total. The van der Waals surface area contributed by atoms with Crippen molar-refractivity contribution in [3.05, 3.63) is 16.5 Å². The third-order valence-corrected chi connectivity index (χ3v) is 1.63. The van der Waals surface area contributed by atoms with Crippen LogP contribution in [0.5, 0.6) is 5.88 Å². The van der Waals surface area contributed by atoms with Gasteiger partial charge in [0.1, 0.15) is 12.1 Å². The minimum atomic E-state index is -0.128. The number of aromatic nitrogens is 2. The highest BCUT2D eigenvalue weighted by molar-refractivity contribution is 6.30. The van der Waals surface area contributed by atoms with Gasteiger partial charge in [-0.1, -0.05) is 11.6 Å². The molecule has 0 spiro atoms. The van der Waals surface area contributed by atoms with Crippen LogP contribution in [0.2, 0.25) is 5.15 Å². The number of hydrogen-bond donors (Lipinski definition) is 0. The van der Waals surface area contributed by atoms with Crippen LogP contribution in [0.25, 0.3) is 0 Å². The number of hydrogen-bond acceptors (Lipinski definition) is 5. The van der Waals surface area contributed by atoms with E-state index in [-0.39, 0.29) is 28.5 Å². The van der Waals surface area contributed by atoms with Crippen molar-refractivity contribution in [2.45, 2.75) is 20.0 Å². The van der Waals surface area contributed by atoms with E-state index >= 15 is 0 Å². The van der Waals surface area contributed by atoms with Crippen LogP contribution < -0.4 is 4.74 Å². The van der Waals surface area contributed by atoms with Crippen LogP contribution in [0.3, 0.4) is 0 Å². The van der Waals surface area contributed by atoms with Gasteiger partial charge in [0, 0.05) is 0 Å². The highest BCUT2D eigenvalue weighted by Crippen LogP contribution is 2.21. The maximum absolute atomic E-state index is 8.70. The monoisotopic (exact) mass is 222 g/mol. The van der Waals surface area contributed by atoms with Gasteiger partial charge in [-0.25, -0.2) is 4.98 Å². The molecule has 76 valence electrons. The molecule has 1 heterocycles. The Bertz CT molecular complexity index is 458. The van der Waals surface area contributed by atoms with Gasteiger partial charge in [0.25, 0.3) is 5.88 Å². The van der Waals surface area contributed by atoms with Gasteiger partial charge < -0.3 is 4.74 Å². The van der Waals surface area contributed by atoms with Gasteiger partial charge in [-0.05, 0) is 13.8 Å². The fourth-order valence-corrected chi connectivity index (χ4v) is 1.03. The Kier molecular flexibility index (Phi) is 3.43. The summed E-state index contributed by atoms with van der Waals surface area (Å²) >= 11 is 5.72. The predicted molar refractivity (Wildman–Crippen MR) is 52.2 cm³/mol. The van der Waals surface area contributed by atoms with Crippen molar-refractivity contribution in [3.8, 4) is 18.0 Å². The fraction of sp³-hybridized carbons (Fsp3) is 0.333. The molecule has 0 unspecified atom stereocenters. The van der Waals surface area contributed by atoms with Crippen molar-refractivity contribution in [1.29, 1.82) is 10.5 Å². The molecule has 0 saturated heterocycles. The van der Waals surface area contributed by atoms with Gasteiger partial charge in [0.05, 0.1) is 6.10 Å². The van der Waals surface area contributed by atoms with Crippen LogP contribution in [0.4, 0.5) is 0 Å². The number of nitrogens with zero attached hydrogens (tertiary/aromatic N) is 4. The van der Waals surface area contributed by atoms with Crippen LogP contribution in [0.1, 0.15) is 25.2 Å². The van der Waals surface area contributed by atoms with E-state index in [1.165, 1.54) is 0 Å². The first-order valence-electron chi connectivity index (χ1n) is 4.13. The quantitative estimate of drug-likeness (QED) is 0.760. The zero-order valence-electron chi connectivity index (χ0n) is 8.15.